The third-order valence-corrected chi connectivity index (χ3v) is 11.9. The van der Waals surface area contributed by atoms with E-state index >= 15 is 0 Å². The summed E-state index contributed by atoms with van der Waals surface area (Å²) in [6.45, 7) is 0. The van der Waals surface area contributed by atoms with Crippen LogP contribution in [0.4, 0.5) is 0 Å². The van der Waals surface area contributed by atoms with Gasteiger partial charge in [-0.25, -0.2) is 15.0 Å². The van der Waals surface area contributed by atoms with Gasteiger partial charge in [-0.1, -0.05) is 146 Å². The first-order valence-electron chi connectivity index (χ1n) is 18.8. The van der Waals surface area contributed by atoms with Crippen LogP contribution >= 0.6 is 11.3 Å². The van der Waals surface area contributed by atoms with Crippen molar-refractivity contribution in [3.63, 3.8) is 0 Å². The average Bonchev–Trinajstić information content (AvgIpc) is 3.82. The number of thiophene rings is 1. The second-order valence-electron chi connectivity index (χ2n) is 14.0. The van der Waals surface area contributed by atoms with E-state index in [0.717, 1.165) is 22.4 Å². The highest BCUT2D eigenvalue weighted by Crippen LogP contribution is 2.42. The average molecular weight is 733 g/mol. The molecule has 0 aliphatic carbocycles. The fourth-order valence-electron chi connectivity index (χ4n) is 7.95. The molecule has 3 aromatic heterocycles. The van der Waals surface area contributed by atoms with Crippen LogP contribution in [0.15, 0.2) is 194 Å². The van der Waals surface area contributed by atoms with E-state index in [9.17, 15) is 0 Å². The molecule has 11 aromatic rings. The van der Waals surface area contributed by atoms with Crippen molar-refractivity contribution in [1.82, 2.24) is 19.5 Å². The summed E-state index contributed by atoms with van der Waals surface area (Å²) in [5.41, 5.74) is 11.3. The van der Waals surface area contributed by atoms with Crippen molar-refractivity contribution < 1.29 is 0 Å². The van der Waals surface area contributed by atoms with Gasteiger partial charge in [0.1, 0.15) is 0 Å². The summed E-state index contributed by atoms with van der Waals surface area (Å²) in [4.78, 5) is 15.0. The molecule has 0 amide bonds. The van der Waals surface area contributed by atoms with Gasteiger partial charge < -0.3 is 4.57 Å². The Bertz CT molecular complexity index is 3160. The summed E-state index contributed by atoms with van der Waals surface area (Å²) in [5, 5.41) is 4.90. The third kappa shape index (κ3) is 5.48. The molecule has 0 N–H and O–H groups in total. The molecular weight excluding hydrogens is 701 g/mol. The molecule has 0 fully saturated rings. The molecule has 3 heterocycles. The molecule has 0 saturated heterocycles. The number of hydrogen-bond donors (Lipinski definition) is 0. The van der Waals surface area contributed by atoms with Gasteiger partial charge in [-0.05, 0) is 70.8 Å². The molecule has 5 heteroatoms. The predicted molar refractivity (Wildman–Crippen MR) is 234 cm³/mol. The smallest absolute Gasteiger partial charge is 0.165 e. The topological polar surface area (TPSA) is 43.6 Å². The SMILES string of the molecule is c1ccc(-c2ccc(-n3c4ccccc4c4cc(-c5ccc6sc7c(-c8nc(-c9ccccc9)nc(-c9ccccc9)n8)cccc7c6c5)ccc43)cc2)cc1. The van der Waals surface area contributed by atoms with Crippen LogP contribution < -0.4 is 0 Å². The number of para-hydroxylation sites is 1. The highest BCUT2D eigenvalue weighted by Gasteiger charge is 2.18. The van der Waals surface area contributed by atoms with Crippen molar-refractivity contribution in [1.29, 1.82) is 0 Å². The Morgan fingerprint density at radius 2 is 0.857 bits per heavy atom. The van der Waals surface area contributed by atoms with Gasteiger partial charge in [0.15, 0.2) is 17.5 Å². The fourth-order valence-corrected chi connectivity index (χ4v) is 9.14. The quantitative estimate of drug-likeness (QED) is 0.171. The van der Waals surface area contributed by atoms with Crippen LogP contribution in [-0.2, 0) is 0 Å². The number of aromatic nitrogens is 4. The standard InChI is InChI=1S/C51H32N4S/c1-4-13-33(14-5-1)34-23-27-39(28-24-34)55-45-22-11-10-19-40(45)43-31-37(25-29-46(43)55)38-26-30-47-44(32-38)41-20-12-21-42(48(41)56-47)51-53-49(35-15-6-2-7-16-35)52-50(54-51)36-17-8-3-9-18-36/h1-32H. The van der Waals surface area contributed by atoms with Crippen molar-refractivity contribution >= 4 is 53.3 Å². The molecule has 0 radical (unpaired) electrons. The minimum atomic E-state index is 0.663. The van der Waals surface area contributed by atoms with Gasteiger partial charge in [0.25, 0.3) is 0 Å². The van der Waals surface area contributed by atoms with Gasteiger partial charge in [-0.15, -0.1) is 11.3 Å². The lowest BCUT2D eigenvalue weighted by Gasteiger charge is -2.10. The first-order chi connectivity index (χ1) is 27.7. The predicted octanol–water partition coefficient (Wildman–Crippen LogP) is 13.7. The van der Waals surface area contributed by atoms with Gasteiger partial charge in [-0.2, -0.15) is 0 Å². The van der Waals surface area contributed by atoms with E-state index in [0.29, 0.717) is 17.5 Å². The van der Waals surface area contributed by atoms with E-state index in [1.165, 1.54) is 64.2 Å². The molecule has 0 spiro atoms. The number of nitrogens with zero attached hydrogens (tertiary/aromatic N) is 4. The van der Waals surface area contributed by atoms with Crippen molar-refractivity contribution in [2.24, 2.45) is 0 Å². The van der Waals surface area contributed by atoms with Gasteiger partial charge in [0, 0.05) is 53.3 Å². The Kier molecular flexibility index (Phi) is 7.64. The van der Waals surface area contributed by atoms with Crippen molar-refractivity contribution in [3.8, 4) is 62.1 Å². The lowest BCUT2D eigenvalue weighted by Crippen LogP contribution is -2.00. The molecule has 8 aromatic carbocycles. The first-order valence-corrected chi connectivity index (χ1v) is 19.6. The number of hydrogen-bond acceptors (Lipinski definition) is 4. The molecule has 0 unspecified atom stereocenters. The van der Waals surface area contributed by atoms with Crippen LogP contribution in [0.5, 0.6) is 0 Å². The Morgan fingerprint density at radius 1 is 0.339 bits per heavy atom. The van der Waals surface area contributed by atoms with Gasteiger partial charge in [-0.3, -0.25) is 0 Å². The van der Waals surface area contributed by atoms with Crippen LogP contribution in [0.1, 0.15) is 0 Å². The second-order valence-corrected chi connectivity index (χ2v) is 15.1. The zero-order chi connectivity index (χ0) is 37.0. The maximum Gasteiger partial charge on any atom is 0.165 e. The molecule has 0 aliphatic heterocycles. The zero-order valence-corrected chi connectivity index (χ0v) is 31.0. The van der Waals surface area contributed by atoms with Crippen LogP contribution in [-0.4, -0.2) is 19.5 Å². The third-order valence-electron chi connectivity index (χ3n) is 10.7. The largest absolute Gasteiger partial charge is 0.309 e. The van der Waals surface area contributed by atoms with E-state index in [1.807, 2.05) is 60.7 Å². The van der Waals surface area contributed by atoms with Crippen molar-refractivity contribution in [2.75, 3.05) is 0 Å². The second kappa shape index (κ2) is 13.3. The van der Waals surface area contributed by atoms with Crippen molar-refractivity contribution in [3.05, 3.63) is 194 Å². The lowest BCUT2D eigenvalue weighted by molar-refractivity contribution is 1.08. The lowest BCUT2D eigenvalue weighted by atomic mass is 10.00. The molecule has 0 saturated carbocycles. The van der Waals surface area contributed by atoms with E-state index in [-0.39, 0.29) is 0 Å². The summed E-state index contributed by atoms with van der Waals surface area (Å²) < 4.78 is 4.78. The van der Waals surface area contributed by atoms with Crippen molar-refractivity contribution in [2.45, 2.75) is 0 Å². The van der Waals surface area contributed by atoms with Crippen LogP contribution in [0.2, 0.25) is 0 Å². The summed E-state index contributed by atoms with van der Waals surface area (Å²) in [6, 6.07) is 68.7. The summed E-state index contributed by atoms with van der Waals surface area (Å²) in [7, 11) is 0. The molecule has 11 rings (SSSR count). The van der Waals surface area contributed by atoms with E-state index < -0.39 is 0 Å². The van der Waals surface area contributed by atoms with E-state index in [1.54, 1.807) is 11.3 Å². The Balaban J connectivity index is 1.02. The monoisotopic (exact) mass is 732 g/mol. The summed E-state index contributed by atoms with van der Waals surface area (Å²) in [5.74, 6) is 2.00. The van der Waals surface area contributed by atoms with Gasteiger partial charge in [0.05, 0.1) is 11.0 Å². The highest BCUT2D eigenvalue weighted by molar-refractivity contribution is 7.26. The maximum atomic E-state index is 5.06. The van der Waals surface area contributed by atoms with Gasteiger partial charge >= 0.3 is 0 Å². The Morgan fingerprint density at radius 3 is 1.55 bits per heavy atom. The molecule has 0 bridgehead atoms. The van der Waals surface area contributed by atoms with Crippen LogP contribution in [0, 0.1) is 0 Å². The summed E-state index contributed by atoms with van der Waals surface area (Å²) in [6.07, 6.45) is 0. The normalized spacial score (nSPS) is 11.6. The first kappa shape index (κ1) is 32.2. The zero-order valence-electron chi connectivity index (χ0n) is 30.2. The number of fused-ring (bicyclic) bond motifs is 6. The van der Waals surface area contributed by atoms with Gasteiger partial charge in [0.2, 0.25) is 0 Å². The minimum absolute atomic E-state index is 0.663. The minimum Gasteiger partial charge on any atom is -0.309 e. The highest BCUT2D eigenvalue weighted by atomic mass is 32.1. The molecule has 4 nitrogen and oxygen atoms in total. The fraction of sp³-hybridized carbons (Fsp3) is 0. The van der Waals surface area contributed by atoms with Crippen LogP contribution in [0.3, 0.4) is 0 Å². The maximum absolute atomic E-state index is 5.06. The Labute approximate surface area is 327 Å². The Hall–Kier alpha value is -7.21. The molecule has 0 atom stereocenters. The molecule has 56 heavy (non-hydrogen) atoms. The number of benzene rings is 8. The number of rotatable bonds is 6. The molecular formula is C51H32N4S. The molecule has 262 valence electrons. The summed E-state index contributed by atoms with van der Waals surface area (Å²) >= 11 is 1.79. The van der Waals surface area contributed by atoms with Crippen LogP contribution in [0.25, 0.3) is 104 Å². The van der Waals surface area contributed by atoms with E-state index in [4.69, 9.17) is 15.0 Å². The van der Waals surface area contributed by atoms with E-state index in [2.05, 4.69) is 138 Å². The molecule has 0 aliphatic rings.